The van der Waals surface area contributed by atoms with E-state index in [4.69, 9.17) is 10.5 Å². The molecule has 1 fully saturated rings. The number of unbranched alkanes of at least 4 members (excludes halogenated alkanes) is 4. The van der Waals surface area contributed by atoms with Crippen LogP contribution in [0.5, 0.6) is 0 Å². The van der Waals surface area contributed by atoms with Crippen LogP contribution >= 0.6 is 23.3 Å². The fourth-order valence-electron chi connectivity index (χ4n) is 3.40. The Hall–Kier alpha value is -2.27. The zero-order chi connectivity index (χ0) is 26.3. The predicted octanol–water partition coefficient (Wildman–Crippen LogP) is 5.67. The topological polar surface area (TPSA) is 110 Å². The number of thiazole rings is 1. The Morgan fingerprint density at radius 2 is 2.05 bits per heavy atom. The van der Waals surface area contributed by atoms with Gasteiger partial charge in [-0.15, -0.1) is 11.3 Å². The lowest BCUT2D eigenvalue weighted by atomic mass is 10.2. The van der Waals surface area contributed by atoms with Gasteiger partial charge in [0.2, 0.25) is 0 Å². The quantitative estimate of drug-likeness (QED) is 0.196. The molecule has 2 aromatic heterocycles. The standard InChI is InChI=1S/C20H24N6OS2.C7H17N/c1-3-27-19-12-21-10-17(25-19)18-11-24-20(28-18)13(2)23-9-15-8-14(6-7-22-15)26-29-16-4-5-16;1-2-3-4-5-6-7-8/h6-8,10-11,16,19,23H,2-5,9,12H2,1H3,(H,22,26);2-8H2,1H3. The fraction of sp³-hybridized carbons (Fsp3) is 0.556. The Labute approximate surface area is 229 Å². The van der Waals surface area contributed by atoms with Crippen LogP contribution < -0.4 is 15.8 Å². The smallest absolute Gasteiger partial charge is 0.168 e. The van der Waals surface area contributed by atoms with Gasteiger partial charge in [-0.1, -0.05) is 39.2 Å². The molecular weight excluding hydrogens is 502 g/mol. The molecule has 0 saturated heterocycles. The van der Waals surface area contributed by atoms with Gasteiger partial charge in [-0.25, -0.2) is 9.98 Å². The molecule has 4 N–H and O–H groups in total. The molecule has 8 nitrogen and oxygen atoms in total. The summed E-state index contributed by atoms with van der Waals surface area (Å²) in [5.74, 6) is 0. The molecule has 1 unspecified atom stereocenters. The molecular formula is C27H41N7OS2. The highest BCUT2D eigenvalue weighted by Gasteiger charge is 2.22. The maximum Gasteiger partial charge on any atom is 0.168 e. The Balaban J connectivity index is 0.000000414. The van der Waals surface area contributed by atoms with E-state index in [1.165, 1.54) is 56.3 Å². The molecule has 2 aromatic rings. The van der Waals surface area contributed by atoms with E-state index in [1.807, 2.05) is 25.4 Å². The summed E-state index contributed by atoms with van der Waals surface area (Å²) in [4.78, 5) is 18.8. The first-order valence-electron chi connectivity index (χ1n) is 13.3. The molecule has 0 amide bonds. The lowest BCUT2D eigenvalue weighted by Gasteiger charge is -2.14. The maximum absolute atomic E-state index is 5.56. The van der Waals surface area contributed by atoms with Gasteiger partial charge >= 0.3 is 0 Å². The highest BCUT2D eigenvalue weighted by molar-refractivity contribution is 8.01. The Bertz CT molecular complexity index is 1010. The molecule has 0 aromatic carbocycles. The fourth-order valence-corrected chi connectivity index (χ4v) is 5.02. The van der Waals surface area contributed by atoms with E-state index < -0.39 is 0 Å². The van der Waals surface area contributed by atoms with Gasteiger partial charge in [-0.05, 0) is 56.8 Å². The highest BCUT2D eigenvalue weighted by atomic mass is 32.2. The van der Waals surface area contributed by atoms with Gasteiger partial charge in [0.15, 0.2) is 6.23 Å². The minimum absolute atomic E-state index is 0.211. The summed E-state index contributed by atoms with van der Waals surface area (Å²) in [7, 11) is 0. The van der Waals surface area contributed by atoms with Gasteiger partial charge in [-0.3, -0.25) is 9.98 Å². The average molecular weight is 544 g/mol. The van der Waals surface area contributed by atoms with E-state index >= 15 is 0 Å². The van der Waals surface area contributed by atoms with Crippen molar-refractivity contribution in [2.75, 3.05) is 24.4 Å². The molecule has 0 radical (unpaired) electrons. The van der Waals surface area contributed by atoms with E-state index in [9.17, 15) is 0 Å². The molecule has 10 heteroatoms. The summed E-state index contributed by atoms with van der Waals surface area (Å²) in [5, 5.41) is 4.91. The van der Waals surface area contributed by atoms with Crippen molar-refractivity contribution in [2.45, 2.75) is 76.8 Å². The van der Waals surface area contributed by atoms with Crippen molar-refractivity contribution >= 4 is 46.6 Å². The second-order valence-corrected chi connectivity index (χ2v) is 11.1. The van der Waals surface area contributed by atoms with Crippen molar-refractivity contribution in [3.8, 4) is 0 Å². The SMILES string of the molecule is C=C(NCc1cc(NSC2CC2)ccn1)c1ncc(C2=NC(OCC)CN=C2)s1.CCCCCCCN. The predicted molar refractivity (Wildman–Crippen MR) is 160 cm³/mol. The van der Waals surface area contributed by atoms with Crippen LogP contribution in [-0.4, -0.2) is 53.1 Å². The van der Waals surface area contributed by atoms with Crippen molar-refractivity contribution in [3.63, 3.8) is 0 Å². The van der Waals surface area contributed by atoms with Crippen molar-refractivity contribution in [1.82, 2.24) is 15.3 Å². The highest BCUT2D eigenvalue weighted by Crippen LogP contribution is 2.34. The third kappa shape index (κ3) is 10.9. The van der Waals surface area contributed by atoms with Gasteiger partial charge < -0.3 is 20.5 Å². The number of pyridine rings is 1. The lowest BCUT2D eigenvalue weighted by molar-refractivity contribution is 0.0757. The van der Waals surface area contributed by atoms with Gasteiger partial charge in [0.25, 0.3) is 0 Å². The van der Waals surface area contributed by atoms with Crippen LogP contribution in [0.25, 0.3) is 5.70 Å². The largest absolute Gasteiger partial charge is 0.377 e. The number of aromatic nitrogens is 2. The van der Waals surface area contributed by atoms with Crippen LogP contribution in [0.3, 0.4) is 0 Å². The Kier molecular flexibility index (Phi) is 13.1. The third-order valence-electron chi connectivity index (χ3n) is 5.61. The number of hydrogen-bond donors (Lipinski definition) is 3. The third-order valence-corrected chi connectivity index (χ3v) is 7.85. The van der Waals surface area contributed by atoms with Crippen molar-refractivity contribution in [2.24, 2.45) is 15.7 Å². The van der Waals surface area contributed by atoms with Crippen molar-refractivity contribution in [3.05, 3.63) is 46.7 Å². The van der Waals surface area contributed by atoms with Crippen LogP contribution in [0, 0.1) is 0 Å². The second-order valence-electron chi connectivity index (χ2n) is 8.94. The Morgan fingerprint density at radius 3 is 2.81 bits per heavy atom. The summed E-state index contributed by atoms with van der Waals surface area (Å²) >= 11 is 3.33. The first-order chi connectivity index (χ1) is 18.1. The van der Waals surface area contributed by atoms with Gasteiger partial charge in [0.05, 0.1) is 35.1 Å². The number of rotatable bonds is 15. The number of nitrogens with one attached hydrogen (secondary N) is 2. The molecule has 202 valence electrons. The molecule has 0 bridgehead atoms. The molecule has 1 saturated carbocycles. The number of aliphatic imine (C=N–C) groups is 2. The zero-order valence-electron chi connectivity index (χ0n) is 22.1. The first kappa shape index (κ1) is 29.3. The first-order valence-corrected chi connectivity index (χ1v) is 15.0. The minimum Gasteiger partial charge on any atom is -0.377 e. The number of nitrogens with zero attached hydrogens (tertiary/aromatic N) is 4. The van der Waals surface area contributed by atoms with Crippen LogP contribution in [0.4, 0.5) is 5.69 Å². The Morgan fingerprint density at radius 1 is 1.22 bits per heavy atom. The second kappa shape index (κ2) is 16.5. The molecule has 37 heavy (non-hydrogen) atoms. The molecule has 1 aliphatic carbocycles. The van der Waals surface area contributed by atoms with E-state index in [0.717, 1.165) is 44.5 Å². The van der Waals surface area contributed by atoms with E-state index in [1.54, 1.807) is 18.2 Å². The summed E-state index contributed by atoms with van der Waals surface area (Å²) < 4.78 is 8.96. The van der Waals surface area contributed by atoms with Crippen LogP contribution in [-0.2, 0) is 11.3 Å². The average Bonchev–Trinajstić information content (AvgIpc) is 3.62. The van der Waals surface area contributed by atoms with Gasteiger partial charge in [0, 0.05) is 36.2 Å². The van der Waals surface area contributed by atoms with E-state index in [2.05, 4.69) is 49.6 Å². The summed E-state index contributed by atoms with van der Waals surface area (Å²) in [6.45, 7) is 10.9. The van der Waals surface area contributed by atoms with Crippen molar-refractivity contribution in [1.29, 1.82) is 0 Å². The minimum atomic E-state index is -0.211. The van der Waals surface area contributed by atoms with E-state index in [-0.39, 0.29) is 6.23 Å². The monoisotopic (exact) mass is 543 g/mol. The van der Waals surface area contributed by atoms with Gasteiger partial charge in [0.1, 0.15) is 5.01 Å². The number of hydrogen-bond acceptors (Lipinski definition) is 10. The van der Waals surface area contributed by atoms with Crippen LogP contribution in [0.1, 0.15) is 74.4 Å². The summed E-state index contributed by atoms with van der Waals surface area (Å²) in [6, 6.07) is 4.05. The van der Waals surface area contributed by atoms with E-state index in [0.29, 0.717) is 19.7 Å². The van der Waals surface area contributed by atoms with Crippen LogP contribution in [0.2, 0.25) is 0 Å². The van der Waals surface area contributed by atoms with Crippen molar-refractivity contribution < 1.29 is 4.74 Å². The number of ether oxygens (including phenoxy) is 1. The molecule has 1 atom stereocenters. The summed E-state index contributed by atoms with van der Waals surface area (Å²) in [5.41, 5.74) is 8.91. The summed E-state index contributed by atoms with van der Waals surface area (Å²) in [6.07, 6.45) is 14.4. The number of anilines is 1. The molecule has 2 aliphatic rings. The lowest BCUT2D eigenvalue weighted by Crippen LogP contribution is -2.21. The molecule has 0 spiro atoms. The molecule has 3 heterocycles. The van der Waals surface area contributed by atoms with Crippen LogP contribution in [0.15, 0.2) is 41.1 Å². The normalized spacial score (nSPS) is 16.5. The zero-order valence-corrected chi connectivity index (χ0v) is 23.8. The van der Waals surface area contributed by atoms with Gasteiger partial charge in [-0.2, -0.15) is 0 Å². The maximum atomic E-state index is 5.56. The molecule has 4 rings (SSSR count). The molecule has 1 aliphatic heterocycles. The number of nitrogens with two attached hydrogens (primary N) is 1.